The van der Waals surface area contributed by atoms with Gasteiger partial charge >= 0.3 is 0 Å². The number of hydrogen-bond acceptors (Lipinski definition) is 2. The van der Waals surface area contributed by atoms with E-state index in [1.807, 2.05) is 36.4 Å². The molecule has 0 aliphatic rings. The Bertz CT molecular complexity index is 599. The average Bonchev–Trinajstić information content (AvgIpc) is 2.38. The van der Waals surface area contributed by atoms with E-state index in [2.05, 4.69) is 0 Å². The lowest BCUT2D eigenvalue weighted by molar-refractivity contribution is 0.0969. The van der Waals surface area contributed by atoms with E-state index in [9.17, 15) is 9.18 Å². The third-order valence-electron chi connectivity index (χ3n) is 3.34. The van der Waals surface area contributed by atoms with Gasteiger partial charge in [-0.15, -0.1) is 0 Å². The van der Waals surface area contributed by atoms with Gasteiger partial charge in [-0.25, -0.2) is 4.39 Å². The molecule has 0 saturated heterocycles. The second-order valence-corrected chi connectivity index (χ2v) is 5.08. The van der Waals surface area contributed by atoms with Crippen LogP contribution in [-0.2, 0) is 0 Å². The minimum Gasteiger partial charge on any atom is -0.324 e. The lowest BCUT2D eigenvalue weighted by atomic mass is 9.95. The van der Waals surface area contributed by atoms with Gasteiger partial charge in [-0.05, 0) is 36.6 Å². The SMILES string of the molecule is Cc1cc(C)c(C(=O)CC(N)c2ccccc2)c(F)c1. The Balaban J connectivity index is 2.21. The highest BCUT2D eigenvalue weighted by molar-refractivity contribution is 5.98. The van der Waals surface area contributed by atoms with E-state index in [0.29, 0.717) is 5.56 Å². The lowest BCUT2D eigenvalue weighted by Crippen LogP contribution is -2.17. The summed E-state index contributed by atoms with van der Waals surface area (Å²) in [5.41, 5.74) is 8.52. The van der Waals surface area contributed by atoms with Gasteiger partial charge in [0, 0.05) is 12.5 Å². The van der Waals surface area contributed by atoms with Crippen LogP contribution in [0.3, 0.4) is 0 Å². The van der Waals surface area contributed by atoms with E-state index in [1.54, 1.807) is 13.8 Å². The van der Waals surface area contributed by atoms with Gasteiger partial charge in [0.25, 0.3) is 0 Å². The number of aryl methyl sites for hydroxylation is 2. The monoisotopic (exact) mass is 271 g/mol. The van der Waals surface area contributed by atoms with E-state index in [4.69, 9.17) is 5.73 Å². The standard InChI is InChI=1S/C17H18FNO/c1-11-8-12(2)17(14(18)9-11)16(20)10-15(19)13-6-4-3-5-7-13/h3-9,15H,10,19H2,1-2H3. The molecule has 2 aromatic rings. The van der Waals surface area contributed by atoms with Gasteiger partial charge in [-0.1, -0.05) is 36.4 Å². The summed E-state index contributed by atoms with van der Waals surface area (Å²) in [5, 5.41) is 0. The first kappa shape index (κ1) is 14.4. The maximum absolute atomic E-state index is 14.0. The molecule has 0 fully saturated rings. The fourth-order valence-electron chi connectivity index (χ4n) is 2.39. The van der Waals surface area contributed by atoms with Crippen molar-refractivity contribution in [3.8, 4) is 0 Å². The van der Waals surface area contributed by atoms with Crippen LogP contribution in [0.5, 0.6) is 0 Å². The van der Waals surface area contributed by atoms with Gasteiger partial charge in [0.2, 0.25) is 0 Å². The molecule has 0 amide bonds. The van der Waals surface area contributed by atoms with Crippen molar-refractivity contribution < 1.29 is 9.18 Å². The highest BCUT2D eigenvalue weighted by atomic mass is 19.1. The maximum Gasteiger partial charge on any atom is 0.167 e. The van der Waals surface area contributed by atoms with Crippen LogP contribution in [0, 0.1) is 19.7 Å². The summed E-state index contributed by atoms with van der Waals surface area (Å²) in [5.74, 6) is -0.718. The van der Waals surface area contributed by atoms with Crippen LogP contribution in [0.2, 0.25) is 0 Å². The first-order valence-corrected chi connectivity index (χ1v) is 6.59. The minimum absolute atomic E-state index is 0.102. The second kappa shape index (κ2) is 5.97. The molecular weight excluding hydrogens is 253 g/mol. The summed E-state index contributed by atoms with van der Waals surface area (Å²) >= 11 is 0. The van der Waals surface area contributed by atoms with Crippen molar-refractivity contribution in [2.24, 2.45) is 5.73 Å². The van der Waals surface area contributed by atoms with Crippen molar-refractivity contribution in [1.82, 2.24) is 0 Å². The third-order valence-corrected chi connectivity index (χ3v) is 3.34. The lowest BCUT2D eigenvalue weighted by Gasteiger charge is -2.13. The molecule has 0 aliphatic carbocycles. The number of carbonyl (C=O) groups is 1. The van der Waals surface area contributed by atoms with E-state index in [0.717, 1.165) is 11.1 Å². The summed E-state index contributed by atoms with van der Waals surface area (Å²) in [4.78, 5) is 12.3. The van der Waals surface area contributed by atoms with Crippen molar-refractivity contribution in [1.29, 1.82) is 0 Å². The minimum atomic E-state index is -0.465. The van der Waals surface area contributed by atoms with Gasteiger partial charge in [-0.3, -0.25) is 4.79 Å². The summed E-state index contributed by atoms with van der Waals surface area (Å²) in [7, 11) is 0. The predicted molar refractivity (Wildman–Crippen MR) is 78.2 cm³/mol. The van der Waals surface area contributed by atoms with Gasteiger partial charge in [0.1, 0.15) is 5.82 Å². The number of benzene rings is 2. The molecule has 0 saturated carbocycles. The summed E-state index contributed by atoms with van der Waals surface area (Å²) in [6.45, 7) is 3.55. The molecule has 104 valence electrons. The van der Waals surface area contributed by atoms with Crippen LogP contribution < -0.4 is 5.73 Å². The molecule has 2 nitrogen and oxygen atoms in total. The zero-order chi connectivity index (χ0) is 14.7. The van der Waals surface area contributed by atoms with Crippen molar-refractivity contribution in [3.63, 3.8) is 0 Å². The zero-order valence-electron chi connectivity index (χ0n) is 11.7. The smallest absolute Gasteiger partial charge is 0.167 e. The fourth-order valence-corrected chi connectivity index (χ4v) is 2.39. The van der Waals surface area contributed by atoms with Gasteiger partial charge in [0.15, 0.2) is 5.78 Å². The van der Waals surface area contributed by atoms with Crippen LogP contribution >= 0.6 is 0 Å². The average molecular weight is 271 g/mol. The topological polar surface area (TPSA) is 43.1 Å². The number of rotatable bonds is 4. The Morgan fingerprint density at radius 1 is 1.20 bits per heavy atom. The molecule has 0 aromatic heterocycles. The van der Waals surface area contributed by atoms with Crippen LogP contribution in [0.1, 0.15) is 39.5 Å². The van der Waals surface area contributed by atoms with Crippen molar-refractivity contribution in [2.75, 3.05) is 0 Å². The maximum atomic E-state index is 14.0. The highest BCUT2D eigenvalue weighted by Gasteiger charge is 2.18. The normalized spacial score (nSPS) is 12.2. The quantitative estimate of drug-likeness (QED) is 0.861. The summed E-state index contributed by atoms with van der Waals surface area (Å²) in [6, 6.07) is 12.2. The molecule has 0 radical (unpaired) electrons. The molecule has 2 aromatic carbocycles. The number of Topliss-reactive ketones (excluding diaryl/α,β-unsaturated/α-hetero) is 1. The summed E-state index contributed by atoms with van der Waals surface area (Å²) in [6.07, 6.45) is 0.102. The first-order chi connectivity index (χ1) is 9.49. The van der Waals surface area contributed by atoms with Crippen LogP contribution in [-0.4, -0.2) is 5.78 Å². The van der Waals surface area contributed by atoms with E-state index in [-0.39, 0.29) is 17.8 Å². The molecule has 1 atom stereocenters. The number of carbonyl (C=O) groups excluding carboxylic acids is 1. The molecule has 1 unspecified atom stereocenters. The Morgan fingerprint density at radius 3 is 2.45 bits per heavy atom. The molecular formula is C17H18FNO. The van der Waals surface area contributed by atoms with E-state index < -0.39 is 11.9 Å². The van der Waals surface area contributed by atoms with Crippen LogP contribution in [0.15, 0.2) is 42.5 Å². The molecule has 20 heavy (non-hydrogen) atoms. The molecule has 0 spiro atoms. The highest BCUT2D eigenvalue weighted by Crippen LogP contribution is 2.21. The Kier molecular flexibility index (Phi) is 4.30. The summed E-state index contributed by atoms with van der Waals surface area (Å²) < 4.78 is 14.0. The van der Waals surface area contributed by atoms with E-state index in [1.165, 1.54) is 6.07 Å². The third kappa shape index (κ3) is 3.11. The predicted octanol–water partition coefficient (Wildman–Crippen LogP) is 3.72. The van der Waals surface area contributed by atoms with Crippen LogP contribution in [0.4, 0.5) is 4.39 Å². The molecule has 2 rings (SSSR count). The van der Waals surface area contributed by atoms with Gasteiger partial charge in [-0.2, -0.15) is 0 Å². The van der Waals surface area contributed by atoms with Crippen molar-refractivity contribution in [3.05, 3.63) is 70.5 Å². The molecule has 0 aliphatic heterocycles. The number of nitrogens with two attached hydrogens (primary N) is 1. The van der Waals surface area contributed by atoms with Crippen molar-refractivity contribution >= 4 is 5.78 Å². The van der Waals surface area contributed by atoms with Gasteiger partial charge in [0.05, 0.1) is 5.56 Å². The van der Waals surface area contributed by atoms with E-state index >= 15 is 0 Å². The Hall–Kier alpha value is -2.00. The number of hydrogen-bond donors (Lipinski definition) is 1. The fraction of sp³-hybridized carbons (Fsp3) is 0.235. The first-order valence-electron chi connectivity index (χ1n) is 6.59. The molecule has 0 bridgehead atoms. The number of halogens is 1. The van der Waals surface area contributed by atoms with Crippen molar-refractivity contribution in [2.45, 2.75) is 26.3 Å². The zero-order valence-corrected chi connectivity index (χ0v) is 11.7. The molecule has 2 N–H and O–H groups in total. The molecule has 0 heterocycles. The largest absolute Gasteiger partial charge is 0.324 e. The Morgan fingerprint density at radius 2 is 1.85 bits per heavy atom. The molecule has 3 heteroatoms. The number of ketones is 1. The Labute approximate surface area is 118 Å². The second-order valence-electron chi connectivity index (χ2n) is 5.08. The van der Waals surface area contributed by atoms with Gasteiger partial charge < -0.3 is 5.73 Å². The van der Waals surface area contributed by atoms with Crippen LogP contribution in [0.25, 0.3) is 0 Å².